The first-order valence-electron chi connectivity index (χ1n) is 4.91. The van der Waals surface area contributed by atoms with Gasteiger partial charge in [0, 0.05) is 0 Å². The van der Waals surface area contributed by atoms with E-state index in [4.69, 9.17) is 9.53 Å². The zero-order valence-electron chi connectivity index (χ0n) is 8.81. The van der Waals surface area contributed by atoms with Crippen LogP contribution in [-0.4, -0.2) is 0 Å². The molecule has 3 rings (SSSR count). The van der Waals surface area contributed by atoms with Gasteiger partial charge in [-0.25, -0.2) is 0 Å². The summed E-state index contributed by atoms with van der Waals surface area (Å²) in [4.78, 5) is 0. The Hall–Kier alpha value is -0.808. The average molecular weight is 324 g/mol. The van der Waals surface area contributed by atoms with E-state index in [1.165, 1.54) is 15.2 Å². The van der Waals surface area contributed by atoms with E-state index in [-0.39, 0.29) is 0 Å². The van der Waals surface area contributed by atoms with E-state index in [1.807, 2.05) is 6.07 Å². The summed E-state index contributed by atoms with van der Waals surface area (Å²) < 4.78 is 4.79. The van der Waals surface area contributed by atoms with E-state index in [1.54, 1.807) is 0 Å². The molecule has 86 valence electrons. The van der Waals surface area contributed by atoms with Gasteiger partial charge in [-0.15, -0.1) is 0 Å². The summed E-state index contributed by atoms with van der Waals surface area (Å²) in [6.45, 7) is 0. The zero-order valence-corrected chi connectivity index (χ0v) is 11.1. The fourth-order valence-electron chi connectivity index (χ4n) is 1.91. The van der Waals surface area contributed by atoms with Crippen LogP contribution >= 0.6 is 9.53 Å². The van der Waals surface area contributed by atoms with Gasteiger partial charge in [0.2, 0.25) is 0 Å². The molecule has 0 aliphatic carbocycles. The van der Waals surface area contributed by atoms with Crippen molar-refractivity contribution in [2.75, 3.05) is 3.95 Å². The molecule has 1 unspecified atom stereocenters. The Morgan fingerprint density at radius 1 is 0.938 bits per heavy atom. The summed E-state index contributed by atoms with van der Waals surface area (Å²) >= 11 is -2.16. The molecule has 0 saturated carbocycles. The Kier molecular flexibility index (Phi) is 2.33. The molecule has 1 aliphatic heterocycles. The van der Waals surface area contributed by atoms with Gasteiger partial charge >= 0.3 is 103 Å². The van der Waals surface area contributed by atoms with Crippen molar-refractivity contribution in [3.8, 4) is 11.1 Å². The van der Waals surface area contributed by atoms with Crippen LogP contribution in [0.25, 0.3) is 11.1 Å². The van der Waals surface area contributed by atoms with E-state index >= 15 is 0 Å². The normalized spacial score (nSPS) is 25.9. The van der Waals surface area contributed by atoms with Crippen molar-refractivity contribution < 1.29 is 14.8 Å². The summed E-state index contributed by atoms with van der Waals surface area (Å²) in [6.07, 6.45) is 0. The van der Waals surface area contributed by atoms with Crippen LogP contribution in [0.5, 0.6) is 0 Å². The molecule has 16 heavy (non-hydrogen) atoms. The SMILES string of the molecule is [CH3][Pd]1([Cl])[NH]c2ccccc2-c2cccc[c]21. The quantitative estimate of drug-likeness (QED) is 0.729. The van der Waals surface area contributed by atoms with Crippen molar-refractivity contribution >= 4 is 19.3 Å². The first kappa shape index (κ1) is 10.4. The fourth-order valence-corrected chi connectivity index (χ4v) is 6.00. The number of halogens is 1. The Morgan fingerprint density at radius 2 is 1.56 bits per heavy atom. The van der Waals surface area contributed by atoms with Gasteiger partial charge in [0.15, 0.2) is 0 Å². The summed E-state index contributed by atoms with van der Waals surface area (Å²) in [7, 11) is 6.67. The van der Waals surface area contributed by atoms with Crippen LogP contribution in [0, 0.1) is 0 Å². The van der Waals surface area contributed by atoms with Gasteiger partial charge in [0.25, 0.3) is 0 Å². The molecule has 1 heterocycles. The van der Waals surface area contributed by atoms with Crippen molar-refractivity contribution in [1.29, 1.82) is 0 Å². The molecule has 1 nitrogen and oxygen atoms in total. The summed E-state index contributed by atoms with van der Waals surface area (Å²) in [6, 6.07) is 16.8. The first-order chi connectivity index (χ1) is 7.68. The standard InChI is InChI=1S/C12H9N.CH3.ClH.Pd/c13-12-9-5-4-8-11(12)10-6-2-1-3-7-10;;;/h1-6,8-9,13H;1H3;1H;/q-1;;;+2/p-1. The molecule has 1 atom stereocenters. The van der Waals surface area contributed by atoms with Crippen LogP contribution in [0.1, 0.15) is 0 Å². The fraction of sp³-hybridized carbons (Fsp3) is 0.0769. The van der Waals surface area contributed by atoms with Crippen LogP contribution in [-0.2, 0) is 14.8 Å². The molecule has 2 aromatic rings. The molecule has 0 saturated heterocycles. The van der Waals surface area contributed by atoms with Gasteiger partial charge in [-0.2, -0.15) is 0 Å². The van der Waals surface area contributed by atoms with Gasteiger partial charge in [-0.05, 0) is 0 Å². The van der Waals surface area contributed by atoms with E-state index < -0.39 is 14.8 Å². The Bertz CT molecular complexity index is 551. The minimum absolute atomic E-state index is 1.16. The number of anilines is 1. The van der Waals surface area contributed by atoms with Crippen molar-refractivity contribution in [1.82, 2.24) is 0 Å². The van der Waals surface area contributed by atoms with E-state index in [9.17, 15) is 0 Å². The Balaban J connectivity index is 2.33. The molecule has 0 aromatic heterocycles. The third kappa shape index (κ3) is 1.50. The first-order valence-corrected chi connectivity index (χ1v) is 10.0. The maximum absolute atomic E-state index is 6.67. The number of hydrogen-bond acceptors (Lipinski definition) is 1. The zero-order chi connectivity index (χ0) is 11.2. The summed E-state index contributed by atoms with van der Waals surface area (Å²) in [5.41, 5.74) is 3.70. The van der Waals surface area contributed by atoms with Gasteiger partial charge in [0.05, 0.1) is 0 Å². The second-order valence-electron chi connectivity index (χ2n) is 3.71. The van der Waals surface area contributed by atoms with Gasteiger partial charge in [0.1, 0.15) is 0 Å². The van der Waals surface area contributed by atoms with Gasteiger partial charge in [-0.1, -0.05) is 0 Å². The second kappa shape index (κ2) is 3.60. The molecule has 0 radical (unpaired) electrons. The number of benzene rings is 2. The molecular formula is C13H12ClNPd. The number of hydrogen-bond donors (Lipinski definition) is 1. The number of fused-ring (bicyclic) bond motifs is 3. The van der Waals surface area contributed by atoms with Crippen molar-refractivity contribution in [3.05, 3.63) is 48.5 Å². The third-order valence-electron chi connectivity index (χ3n) is 2.62. The Labute approximate surface area is 103 Å². The maximum atomic E-state index is 6.67. The molecule has 0 bridgehead atoms. The molecule has 0 amide bonds. The summed E-state index contributed by atoms with van der Waals surface area (Å²) in [5.74, 6) is 0. The van der Waals surface area contributed by atoms with Gasteiger partial charge in [-0.3, -0.25) is 0 Å². The third-order valence-corrected chi connectivity index (χ3v) is 7.13. The molecule has 2 aromatic carbocycles. The van der Waals surface area contributed by atoms with Crippen LogP contribution in [0.3, 0.4) is 0 Å². The molecule has 3 heteroatoms. The van der Waals surface area contributed by atoms with Crippen molar-refractivity contribution in [2.45, 2.75) is 5.40 Å². The predicted octanol–water partition coefficient (Wildman–Crippen LogP) is 3.68. The summed E-state index contributed by atoms with van der Waals surface area (Å²) in [5, 5.41) is 2.14. The Morgan fingerprint density at radius 3 is 2.38 bits per heavy atom. The number of rotatable bonds is 0. The van der Waals surface area contributed by atoms with Crippen molar-refractivity contribution in [2.24, 2.45) is 0 Å². The van der Waals surface area contributed by atoms with Gasteiger partial charge < -0.3 is 0 Å². The molecule has 0 fully saturated rings. The average Bonchev–Trinajstić information content (AvgIpc) is 2.29. The van der Waals surface area contributed by atoms with Crippen LogP contribution in [0.4, 0.5) is 5.69 Å². The molecular weight excluding hydrogens is 312 g/mol. The number of nitrogens with one attached hydrogen (secondary N) is 1. The monoisotopic (exact) mass is 323 g/mol. The second-order valence-corrected chi connectivity index (χ2v) is 10.9. The molecule has 1 N–H and O–H groups in total. The topological polar surface area (TPSA) is 12.0 Å². The minimum atomic E-state index is -2.16. The molecule has 0 spiro atoms. The van der Waals surface area contributed by atoms with Crippen molar-refractivity contribution in [3.63, 3.8) is 0 Å². The van der Waals surface area contributed by atoms with Crippen LogP contribution in [0.15, 0.2) is 48.5 Å². The van der Waals surface area contributed by atoms with Crippen LogP contribution < -0.4 is 7.99 Å². The number of para-hydroxylation sites is 1. The van der Waals surface area contributed by atoms with E-state index in [0.717, 1.165) is 5.69 Å². The van der Waals surface area contributed by atoms with E-state index in [2.05, 4.69) is 51.8 Å². The molecule has 1 aliphatic rings. The predicted molar refractivity (Wildman–Crippen MR) is 66.9 cm³/mol. The van der Waals surface area contributed by atoms with Crippen LogP contribution in [0.2, 0.25) is 5.40 Å². The van der Waals surface area contributed by atoms with E-state index in [0.29, 0.717) is 0 Å².